The third kappa shape index (κ3) is 2.48. The van der Waals surface area contributed by atoms with E-state index in [4.69, 9.17) is 0 Å². The molecule has 0 bridgehead atoms. The molecule has 6 heteroatoms. The normalized spacial score (nSPS) is 25.1. The quantitative estimate of drug-likeness (QED) is 0.870. The Balaban J connectivity index is 1.73. The summed E-state index contributed by atoms with van der Waals surface area (Å²) < 4.78 is 0. The second-order valence-corrected chi connectivity index (χ2v) is 6.60. The Morgan fingerprint density at radius 1 is 1.29 bits per heavy atom. The van der Waals surface area contributed by atoms with Gasteiger partial charge in [-0.3, -0.25) is 19.8 Å². The summed E-state index contributed by atoms with van der Waals surface area (Å²) in [6.07, 6.45) is 4.32. The van der Waals surface area contributed by atoms with Crippen LogP contribution in [0, 0.1) is 11.8 Å². The molecule has 3 rings (SSSR count). The number of nitrogens with zero attached hydrogens (tertiary/aromatic N) is 1. The fraction of sp³-hybridized carbons (Fsp3) is 0.533. The van der Waals surface area contributed by atoms with Crippen molar-refractivity contribution < 1.29 is 14.4 Å². The number of imide groups is 1. The number of carbonyl (C=O) groups excluding carboxylic acids is 3. The first kappa shape index (κ1) is 14.3. The molecule has 1 aliphatic carbocycles. The Hall–Kier alpha value is -1.69. The Morgan fingerprint density at radius 2 is 1.90 bits per heavy atom. The van der Waals surface area contributed by atoms with Gasteiger partial charge < -0.3 is 0 Å². The van der Waals surface area contributed by atoms with Gasteiger partial charge in [-0.2, -0.15) is 5.01 Å². The lowest BCUT2D eigenvalue weighted by Gasteiger charge is -2.19. The Morgan fingerprint density at radius 3 is 2.43 bits per heavy atom. The van der Waals surface area contributed by atoms with E-state index in [1.54, 1.807) is 11.4 Å². The maximum atomic E-state index is 12.3. The van der Waals surface area contributed by atoms with Crippen molar-refractivity contribution >= 4 is 29.1 Å². The molecular formula is C15H18N2O3S. The predicted molar refractivity (Wildman–Crippen MR) is 78.5 cm³/mol. The summed E-state index contributed by atoms with van der Waals surface area (Å²) in [6, 6.07) is 1.80. The molecule has 2 fully saturated rings. The molecule has 21 heavy (non-hydrogen) atoms. The van der Waals surface area contributed by atoms with E-state index in [2.05, 4.69) is 5.43 Å². The summed E-state index contributed by atoms with van der Waals surface area (Å²) >= 11 is 1.51. The number of fused-ring (bicyclic) bond motifs is 1. The van der Waals surface area contributed by atoms with Crippen LogP contribution in [0.15, 0.2) is 11.4 Å². The van der Waals surface area contributed by atoms with Gasteiger partial charge >= 0.3 is 0 Å². The molecule has 2 heterocycles. The molecule has 1 aliphatic heterocycles. The molecule has 5 nitrogen and oxygen atoms in total. The minimum Gasteiger partial charge on any atom is -0.272 e. The molecule has 0 spiro atoms. The van der Waals surface area contributed by atoms with E-state index in [1.807, 2.05) is 6.92 Å². The van der Waals surface area contributed by atoms with E-state index >= 15 is 0 Å². The molecule has 1 saturated carbocycles. The lowest BCUT2D eigenvalue weighted by atomic mass is 9.81. The van der Waals surface area contributed by atoms with Crippen molar-refractivity contribution in [1.82, 2.24) is 10.4 Å². The summed E-state index contributed by atoms with van der Waals surface area (Å²) in [5.74, 6) is -1.35. The molecule has 1 aromatic rings. The Labute approximate surface area is 127 Å². The van der Waals surface area contributed by atoms with E-state index in [1.165, 1.54) is 11.3 Å². The van der Waals surface area contributed by atoms with Crippen molar-refractivity contribution in [3.05, 3.63) is 21.9 Å². The van der Waals surface area contributed by atoms with Crippen LogP contribution in [-0.4, -0.2) is 22.7 Å². The van der Waals surface area contributed by atoms with E-state index in [0.29, 0.717) is 5.56 Å². The minimum atomic E-state index is -0.383. The molecule has 1 saturated heterocycles. The highest BCUT2D eigenvalue weighted by atomic mass is 32.1. The molecule has 1 aromatic heterocycles. The summed E-state index contributed by atoms with van der Waals surface area (Å²) in [4.78, 5) is 37.8. The Bertz CT molecular complexity index is 571. The van der Waals surface area contributed by atoms with Crippen LogP contribution in [0.2, 0.25) is 0 Å². The molecule has 3 amide bonds. The highest BCUT2D eigenvalue weighted by molar-refractivity contribution is 7.10. The topological polar surface area (TPSA) is 66.5 Å². The minimum absolute atomic E-state index is 0.236. The molecule has 112 valence electrons. The van der Waals surface area contributed by atoms with Crippen LogP contribution in [-0.2, 0) is 16.0 Å². The van der Waals surface area contributed by atoms with Gasteiger partial charge in [0.05, 0.1) is 17.4 Å². The first-order valence-electron chi connectivity index (χ1n) is 7.38. The van der Waals surface area contributed by atoms with Crippen molar-refractivity contribution in [2.75, 3.05) is 0 Å². The molecule has 1 N–H and O–H groups in total. The molecule has 2 aliphatic rings. The monoisotopic (exact) mass is 306 g/mol. The van der Waals surface area contributed by atoms with Crippen LogP contribution in [0.25, 0.3) is 0 Å². The zero-order valence-electron chi connectivity index (χ0n) is 11.9. The number of rotatable bonds is 3. The van der Waals surface area contributed by atoms with Crippen LogP contribution in [0.5, 0.6) is 0 Å². The van der Waals surface area contributed by atoms with Gasteiger partial charge in [-0.15, -0.1) is 11.3 Å². The summed E-state index contributed by atoms with van der Waals surface area (Å²) in [5.41, 5.74) is 3.00. The van der Waals surface area contributed by atoms with Crippen molar-refractivity contribution in [2.45, 2.75) is 39.0 Å². The second-order valence-electron chi connectivity index (χ2n) is 5.61. The van der Waals surface area contributed by atoms with Gasteiger partial charge in [0.25, 0.3) is 17.7 Å². The van der Waals surface area contributed by atoms with Crippen LogP contribution >= 0.6 is 11.3 Å². The van der Waals surface area contributed by atoms with Crippen LogP contribution in [0.3, 0.4) is 0 Å². The van der Waals surface area contributed by atoms with Crippen molar-refractivity contribution in [3.63, 3.8) is 0 Å². The summed E-state index contributed by atoms with van der Waals surface area (Å²) in [7, 11) is 0. The average Bonchev–Trinajstić information content (AvgIpc) is 3.07. The predicted octanol–water partition coefficient (Wildman–Crippen LogP) is 2.13. The summed E-state index contributed by atoms with van der Waals surface area (Å²) in [5, 5.41) is 2.71. The van der Waals surface area contributed by atoms with Crippen molar-refractivity contribution in [1.29, 1.82) is 0 Å². The zero-order chi connectivity index (χ0) is 15.0. The number of hydrazine groups is 1. The molecular weight excluding hydrogens is 288 g/mol. The van der Waals surface area contributed by atoms with Crippen molar-refractivity contribution in [3.8, 4) is 0 Å². The first-order valence-corrected chi connectivity index (χ1v) is 8.26. The lowest BCUT2D eigenvalue weighted by molar-refractivity contribution is -0.142. The van der Waals surface area contributed by atoms with Crippen molar-refractivity contribution in [2.24, 2.45) is 11.8 Å². The summed E-state index contributed by atoms with van der Waals surface area (Å²) in [6.45, 7) is 2.02. The maximum absolute atomic E-state index is 12.3. The molecule has 0 unspecified atom stereocenters. The third-order valence-corrected chi connectivity index (χ3v) is 5.40. The molecule has 0 radical (unpaired) electrons. The van der Waals surface area contributed by atoms with Crippen LogP contribution in [0.4, 0.5) is 0 Å². The number of hydrogen-bond acceptors (Lipinski definition) is 4. The Kier molecular flexibility index (Phi) is 3.80. The number of hydrogen-bond donors (Lipinski definition) is 1. The van der Waals surface area contributed by atoms with Gasteiger partial charge in [0.15, 0.2) is 0 Å². The maximum Gasteiger partial charge on any atom is 0.271 e. The number of amides is 3. The van der Waals surface area contributed by atoms with E-state index in [9.17, 15) is 14.4 Å². The van der Waals surface area contributed by atoms with E-state index in [0.717, 1.165) is 42.0 Å². The van der Waals surface area contributed by atoms with E-state index < -0.39 is 0 Å². The van der Waals surface area contributed by atoms with Gasteiger partial charge in [0.1, 0.15) is 0 Å². The lowest BCUT2D eigenvalue weighted by Crippen LogP contribution is -2.46. The number of aryl methyl sites for hydroxylation is 1. The third-order valence-electron chi connectivity index (χ3n) is 4.32. The number of nitrogens with one attached hydrogen (secondary N) is 1. The molecule has 2 atom stereocenters. The first-order chi connectivity index (χ1) is 10.1. The van der Waals surface area contributed by atoms with Gasteiger partial charge in [-0.05, 0) is 25.3 Å². The second kappa shape index (κ2) is 5.60. The highest BCUT2D eigenvalue weighted by Gasteiger charge is 2.49. The fourth-order valence-electron chi connectivity index (χ4n) is 3.12. The van der Waals surface area contributed by atoms with Gasteiger partial charge in [-0.25, -0.2) is 0 Å². The fourth-order valence-corrected chi connectivity index (χ4v) is 3.94. The number of thiophene rings is 1. The van der Waals surface area contributed by atoms with E-state index in [-0.39, 0.29) is 29.6 Å². The number of carbonyl (C=O) groups is 3. The standard InChI is InChI=1S/C15H18N2O3S/c1-2-10-7-9(8-21-10)13(18)16-17-14(19)11-5-3-4-6-12(11)15(17)20/h7-8,11-12H,2-6H2,1H3,(H,16,18)/t11-,12-/m1/s1. The van der Waals surface area contributed by atoms with Crippen LogP contribution < -0.4 is 5.43 Å². The smallest absolute Gasteiger partial charge is 0.271 e. The van der Waals surface area contributed by atoms with Crippen LogP contribution in [0.1, 0.15) is 47.8 Å². The molecule has 0 aromatic carbocycles. The SMILES string of the molecule is CCc1cc(C(=O)NN2C(=O)[C@@H]3CCCC[C@H]3C2=O)cs1. The van der Waals surface area contributed by atoms with Gasteiger partial charge in [0, 0.05) is 10.3 Å². The largest absolute Gasteiger partial charge is 0.272 e. The zero-order valence-corrected chi connectivity index (χ0v) is 12.7. The van der Waals surface area contributed by atoms with Gasteiger partial charge in [-0.1, -0.05) is 19.8 Å². The average molecular weight is 306 g/mol. The van der Waals surface area contributed by atoms with Gasteiger partial charge in [0.2, 0.25) is 0 Å². The highest BCUT2D eigenvalue weighted by Crippen LogP contribution is 2.37.